The molecule has 0 fully saturated rings. The molecule has 10 aromatic carbocycles. The molecule has 0 radical (unpaired) electrons. The molecule has 10 aromatic rings. The van der Waals surface area contributed by atoms with Gasteiger partial charge in [-0.2, -0.15) is 0 Å². The monoisotopic (exact) mass is 684 g/mol. The second-order valence-corrected chi connectivity index (χ2v) is 14.0. The van der Waals surface area contributed by atoms with Crippen molar-refractivity contribution in [2.75, 3.05) is 0 Å². The maximum Gasteiger partial charge on any atom is -0.00197 e. The molecule has 10 rings (SSSR count). The highest BCUT2D eigenvalue weighted by molar-refractivity contribution is 6.24. The maximum absolute atomic E-state index is 2.43. The number of rotatable bonds is 6. The van der Waals surface area contributed by atoms with Crippen molar-refractivity contribution in [2.24, 2.45) is 0 Å². The molecule has 0 saturated heterocycles. The fourth-order valence-corrected chi connectivity index (χ4v) is 8.30. The summed E-state index contributed by atoms with van der Waals surface area (Å²) < 4.78 is 0. The van der Waals surface area contributed by atoms with Crippen molar-refractivity contribution in [2.45, 2.75) is 0 Å². The summed E-state index contributed by atoms with van der Waals surface area (Å²) >= 11 is 0. The van der Waals surface area contributed by atoms with Gasteiger partial charge in [0, 0.05) is 0 Å². The molecule has 0 spiro atoms. The first kappa shape index (κ1) is 31.7. The minimum Gasteiger partial charge on any atom is -0.0622 e. The van der Waals surface area contributed by atoms with Gasteiger partial charge in [0.2, 0.25) is 0 Å². The van der Waals surface area contributed by atoms with Crippen LogP contribution in [-0.2, 0) is 0 Å². The fraction of sp³-hybridized carbons (Fsp3) is 0. The average Bonchev–Trinajstić information content (AvgIpc) is 3.26. The molecule has 0 aromatic heterocycles. The molecule has 0 aliphatic carbocycles. The van der Waals surface area contributed by atoms with E-state index < -0.39 is 0 Å². The van der Waals surface area contributed by atoms with E-state index in [1.54, 1.807) is 0 Å². The van der Waals surface area contributed by atoms with Gasteiger partial charge < -0.3 is 0 Å². The van der Waals surface area contributed by atoms with Gasteiger partial charge in [-0.15, -0.1) is 0 Å². The molecule has 0 aliphatic rings. The van der Waals surface area contributed by atoms with E-state index in [2.05, 4.69) is 218 Å². The molecular formula is C54H36. The van der Waals surface area contributed by atoms with E-state index in [1.807, 2.05) is 0 Å². The SMILES string of the molecule is c1ccc(-c2ccc(-c3ccccc3-c3c4ccccc4c(-c4cc5ccccc5cc4-c4ccccc4)c4cc(-c5ccccc5)ccc34)cc2)cc1. The fourth-order valence-electron chi connectivity index (χ4n) is 8.30. The molecule has 0 saturated carbocycles. The van der Waals surface area contributed by atoms with Gasteiger partial charge in [-0.05, 0) is 117 Å². The Hall–Kier alpha value is -7.02. The predicted octanol–water partition coefficient (Wildman–Crippen LogP) is 15.1. The lowest BCUT2D eigenvalue weighted by Crippen LogP contribution is -1.95. The van der Waals surface area contributed by atoms with Crippen molar-refractivity contribution in [3.63, 3.8) is 0 Å². The van der Waals surface area contributed by atoms with Gasteiger partial charge in [-0.25, -0.2) is 0 Å². The third kappa shape index (κ3) is 5.57. The van der Waals surface area contributed by atoms with Crippen LogP contribution in [0.15, 0.2) is 218 Å². The largest absolute Gasteiger partial charge is 0.0622 e. The van der Waals surface area contributed by atoms with Crippen molar-refractivity contribution >= 4 is 32.3 Å². The molecule has 0 amide bonds. The van der Waals surface area contributed by atoms with Gasteiger partial charge in [-0.1, -0.05) is 200 Å². The van der Waals surface area contributed by atoms with Crippen LogP contribution in [0.4, 0.5) is 0 Å². The molecule has 252 valence electrons. The van der Waals surface area contributed by atoms with E-state index in [4.69, 9.17) is 0 Å². The second kappa shape index (κ2) is 13.5. The Bertz CT molecular complexity index is 2940. The lowest BCUT2D eigenvalue weighted by atomic mass is 9.81. The second-order valence-electron chi connectivity index (χ2n) is 14.0. The van der Waals surface area contributed by atoms with Crippen LogP contribution in [0.3, 0.4) is 0 Å². The standard InChI is InChI=1S/C54H36/c1-4-16-37(17-5-1)39-28-30-41(31-29-39)45-24-12-13-25-46(45)53-47-26-14-15-27-48(47)54(51-36-44(32-33-49(51)53)38-18-6-2-7-19-38)52-35-43-23-11-10-22-42(43)34-50(52)40-20-8-3-9-21-40/h1-36H. The Morgan fingerprint density at radius 1 is 0.185 bits per heavy atom. The van der Waals surface area contributed by atoms with Gasteiger partial charge >= 0.3 is 0 Å². The maximum atomic E-state index is 2.43. The Morgan fingerprint density at radius 2 is 0.574 bits per heavy atom. The molecule has 54 heavy (non-hydrogen) atoms. The van der Waals surface area contributed by atoms with E-state index in [9.17, 15) is 0 Å². The van der Waals surface area contributed by atoms with Crippen LogP contribution in [0.2, 0.25) is 0 Å². The van der Waals surface area contributed by atoms with E-state index in [-0.39, 0.29) is 0 Å². The summed E-state index contributed by atoms with van der Waals surface area (Å²) in [6.45, 7) is 0. The number of fused-ring (bicyclic) bond motifs is 3. The van der Waals surface area contributed by atoms with Gasteiger partial charge in [0.05, 0.1) is 0 Å². The highest BCUT2D eigenvalue weighted by Crippen LogP contribution is 2.49. The summed E-state index contributed by atoms with van der Waals surface area (Å²) in [6, 6.07) is 79.8. The van der Waals surface area contributed by atoms with Crippen LogP contribution in [-0.4, -0.2) is 0 Å². The first-order valence-electron chi connectivity index (χ1n) is 18.7. The number of benzene rings is 10. The summed E-state index contributed by atoms with van der Waals surface area (Å²) in [4.78, 5) is 0. The Balaban J connectivity index is 1.29. The normalized spacial score (nSPS) is 11.3. The van der Waals surface area contributed by atoms with Crippen molar-refractivity contribution in [1.29, 1.82) is 0 Å². The molecule has 0 bridgehead atoms. The zero-order valence-corrected chi connectivity index (χ0v) is 29.8. The van der Waals surface area contributed by atoms with Crippen LogP contribution in [0.1, 0.15) is 0 Å². The molecule has 0 N–H and O–H groups in total. The minimum atomic E-state index is 1.20. The molecule has 0 nitrogen and oxygen atoms in total. The molecule has 0 aliphatic heterocycles. The minimum absolute atomic E-state index is 1.20. The average molecular weight is 685 g/mol. The quantitative estimate of drug-likeness (QED) is 0.153. The lowest BCUT2D eigenvalue weighted by molar-refractivity contribution is 1.58. The number of hydrogen-bond acceptors (Lipinski definition) is 0. The Morgan fingerprint density at radius 3 is 1.20 bits per heavy atom. The highest BCUT2D eigenvalue weighted by Gasteiger charge is 2.22. The van der Waals surface area contributed by atoms with E-state index in [0.717, 1.165) is 0 Å². The van der Waals surface area contributed by atoms with Crippen molar-refractivity contribution in [3.8, 4) is 66.8 Å². The third-order valence-corrected chi connectivity index (χ3v) is 10.9. The van der Waals surface area contributed by atoms with Crippen molar-refractivity contribution < 1.29 is 0 Å². The van der Waals surface area contributed by atoms with Gasteiger partial charge in [-0.3, -0.25) is 0 Å². The molecule has 0 unspecified atom stereocenters. The Kier molecular flexibility index (Phi) is 7.93. The third-order valence-electron chi connectivity index (χ3n) is 10.9. The zero-order valence-electron chi connectivity index (χ0n) is 29.8. The van der Waals surface area contributed by atoms with Crippen LogP contribution in [0.25, 0.3) is 99.1 Å². The van der Waals surface area contributed by atoms with Crippen LogP contribution in [0, 0.1) is 0 Å². The molecular weight excluding hydrogens is 649 g/mol. The first-order chi connectivity index (χ1) is 26.8. The van der Waals surface area contributed by atoms with Crippen LogP contribution in [0.5, 0.6) is 0 Å². The summed E-state index contributed by atoms with van der Waals surface area (Å²) in [5.41, 5.74) is 14.7. The van der Waals surface area contributed by atoms with E-state index >= 15 is 0 Å². The van der Waals surface area contributed by atoms with E-state index in [0.29, 0.717) is 0 Å². The smallest absolute Gasteiger partial charge is 0.00197 e. The Labute approximate surface area is 316 Å². The first-order valence-corrected chi connectivity index (χ1v) is 18.7. The topological polar surface area (TPSA) is 0 Å². The van der Waals surface area contributed by atoms with Crippen LogP contribution < -0.4 is 0 Å². The van der Waals surface area contributed by atoms with Crippen molar-refractivity contribution in [1.82, 2.24) is 0 Å². The highest BCUT2D eigenvalue weighted by atomic mass is 14.2. The van der Waals surface area contributed by atoms with Crippen molar-refractivity contribution in [3.05, 3.63) is 218 Å². The summed E-state index contributed by atoms with van der Waals surface area (Å²) in [6.07, 6.45) is 0. The summed E-state index contributed by atoms with van der Waals surface area (Å²) in [5.74, 6) is 0. The lowest BCUT2D eigenvalue weighted by Gasteiger charge is -2.22. The molecule has 0 atom stereocenters. The summed E-state index contributed by atoms with van der Waals surface area (Å²) in [7, 11) is 0. The van der Waals surface area contributed by atoms with Gasteiger partial charge in [0.15, 0.2) is 0 Å². The molecule has 0 heterocycles. The predicted molar refractivity (Wildman–Crippen MR) is 232 cm³/mol. The van der Waals surface area contributed by atoms with Crippen LogP contribution >= 0.6 is 0 Å². The zero-order chi connectivity index (χ0) is 35.8. The van der Waals surface area contributed by atoms with E-state index in [1.165, 1.54) is 99.1 Å². The number of hydrogen-bond donors (Lipinski definition) is 0. The molecule has 0 heteroatoms. The summed E-state index contributed by atoms with van der Waals surface area (Å²) in [5, 5.41) is 7.44. The van der Waals surface area contributed by atoms with Gasteiger partial charge in [0.1, 0.15) is 0 Å². The van der Waals surface area contributed by atoms with Gasteiger partial charge in [0.25, 0.3) is 0 Å².